The van der Waals surface area contributed by atoms with Gasteiger partial charge in [-0.05, 0) is 44.7 Å². The van der Waals surface area contributed by atoms with E-state index < -0.39 is 0 Å². The number of hydrogen-bond acceptors (Lipinski definition) is 3. The molecular formula is C14H25N3O2. The van der Waals surface area contributed by atoms with Crippen molar-refractivity contribution in [3.63, 3.8) is 0 Å². The summed E-state index contributed by atoms with van der Waals surface area (Å²) < 4.78 is 0. The van der Waals surface area contributed by atoms with E-state index in [2.05, 4.69) is 10.6 Å². The summed E-state index contributed by atoms with van der Waals surface area (Å²) in [5.74, 6) is 0.900. The Labute approximate surface area is 115 Å². The van der Waals surface area contributed by atoms with Gasteiger partial charge in [0.05, 0.1) is 0 Å². The van der Waals surface area contributed by atoms with E-state index in [0.717, 1.165) is 32.5 Å². The molecule has 2 aliphatic rings. The summed E-state index contributed by atoms with van der Waals surface area (Å²) in [6, 6.07) is 0.151. The second-order valence-electron chi connectivity index (χ2n) is 5.78. The summed E-state index contributed by atoms with van der Waals surface area (Å²) >= 11 is 0. The lowest BCUT2D eigenvalue weighted by molar-refractivity contribution is -0.130. The molecule has 2 heterocycles. The highest BCUT2D eigenvalue weighted by atomic mass is 16.2. The first-order valence-electron chi connectivity index (χ1n) is 7.40. The number of amides is 2. The van der Waals surface area contributed by atoms with E-state index in [0.29, 0.717) is 18.9 Å². The summed E-state index contributed by atoms with van der Waals surface area (Å²) in [6.45, 7) is 5.17. The van der Waals surface area contributed by atoms with Gasteiger partial charge in [-0.25, -0.2) is 0 Å². The average molecular weight is 267 g/mol. The Bertz CT molecular complexity index is 327. The van der Waals surface area contributed by atoms with Crippen molar-refractivity contribution in [1.29, 1.82) is 0 Å². The van der Waals surface area contributed by atoms with Gasteiger partial charge in [0.15, 0.2) is 0 Å². The second-order valence-corrected chi connectivity index (χ2v) is 5.78. The molecule has 5 heteroatoms. The zero-order chi connectivity index (χ0) is 13.7. The lowest BCUT2D eigenvalue weighted by Crippen LogP contribution is -2.37. The van der Waals surface area contributed by atoms with Gasteiger partial charge in [-0.1, -0.05) is 0 Å². The fourth-order valence-electron chi connectivity index (χ4n) is 3.05. The van der Waals surface area contributed by atoms with Gasteiger partial charge in [-0.3, -0.25) is 9.59 Å². The summed E-state index contributed by atoms with van der Waals surface area (Å²) in [7, 11) is 0. The van der Waals surface area contributed by atoms with Gasteiger partial charge in [0.25, 0.3) is 0 Å². The quantitative estimate of drug-likeness (QED) is 0.780. The molecule has 0 bridgehead atoms. The van der Waals surface area contributed by atoms with E-state index in [1.807, 2.05) is 4.90 Å². The molecular weight excluding hydrogens is 242 g/mol. The van der Waals surface area contributed by atoms with Crippen molar-refractivity contribution in [2.75, 3.05) is 26.2 Å². The van der Waals surface area contributed by atoms with E-state index in [1.165, 1.54) is 19.8 Å². The normalized spacial score (nSPS) is 27.3. The maximum absolute atomic E-state index is 12.1. The first-order chi connectivity index (χ1) is 9.15. The molecule has 2 N–H and O–H groups in total. The van der Waals surface area contributed by atoms with Crippen molar-refractivity contribution in [3.8, 4) is 0 Å². The minimum Gasteiger partial charge on any atom is -0.352 e. The summed E-state index contributed by atoms with van der Waals surface area (Å²) in [6.07, 6.45) is 5.00. The highest BCUT2D eigenvalue weighted by Gasteiger charge is 2.26. The van der Waals surface area contributed by atoms with Crippen LogP contribution in [0.15, 0.2) is 0 Å². The van der Waals surface area contributed by atoms with Crippen molar-refractivity contribution >= 4 is 11.8 Å². The fraction of sp³-hybridized carbons (Fsp3) is 0.857. The van der Waals surface area contributed by atoms with Crippen LogP contribution in [0.4, 0.5) is 0 Å². The highest BCUT2D eigenvalue weighted by Crippen LogP contribution is 2.18. The van der Waals surface area contributed by atoms with E-state index in [9.17, 15) is 9.59 Å². The summed E-state index contributed by atoms with van der Waals surface area (Å²) in [5, 5.41) is 6.27. The van der Waals surface area contributed by atoms with Crippen molar-refractivity contribution < 1.29 is 9.59 Å². The molecule has 2 fully saturated rings. The molecule has 2 amide bonds. The van der Waals surface area contributed by atoms with Gasteiger partial charge in [0.1, 0.15) is 0 Å². The minimum absolute atomic E-state index is 0.00687. The number of piperidine rings is 1. The molecule has 0 radical (unpaired) electrons. The van der Waals surface area contributed by atoms with E-state index in [1.54, 1.807) is 0 Å². The number of nitrogens with one attached hydrogen (secondary N) is 2. The molecule has 19 heavy (non-hydrogen) atoms. The Morgan fingerprint density at radius 3 is 2.89 bits per heavy atom. The molecule has 2 rings (SSSR count). The molecule has 2 aliphatic heterocycles. The predicted molar refractivity (Wildman–Crippen MR) is 73.6 cm³/mol. The molecule has 0 spiro atoms. The summed E-state index contributed by atoms with van der Waals surface area (Å²) in [5.41, 5.74) is 0. The maximum Gasteiger partial charge on any atom is 0.222 e. The lowest BCUT2D eigenvalue weighted by Gasteiger charge is -2.23. The minimum atomic E-state index is -0.00687. The van der Waals surface area contributed by atoms with Crippen LogP contribution in [0.25, 0.3) is 0 Å². The van der Waals surface area contributed by atoms with Crippen molar-refractivity contribution in [3.05, 3.63) is 0 Å². The number of carbonyl (C=O) groups is 2. The van der Waals surface area contributed by atoms with E-state index in [-0.39, 0.29) is 17.9 Å². The molecule has 108 valence electrons. The molecule has 5 nitrogen and oxygen atoms in total. The van der Waals surface area contributed by atoms with Crippen LogP contribution in [0, 0.1) is 5.92 Å². The topological polar surface area (TPSA) is 61.4 Å². The van der Waals surface area contributed by atoms with Crippen LogP contribution in [0.3, 0.4) is 0 Å². The molecule has 2 unspecified atom stereocenters. The third-order valence-electron chi connectivity index (χ3n) is 4.11. The highest BCUT2D eigenvalue weighted by molar-refractivity contribution is 5.77. The Kier molecular flexibility index (Phi) is 5.19. The lowest BCUT2D eigenvalue weighted by atomic mass is 9.94. The number of rotatable bonds is 4. The summed E-state index contributed by atoms with van der Waals surface area (Å²) in [4.78, 5) is 25.0. The standard InChI is InChI=1S/C14H25N3O2/c1-11(18)16-13-6-8-17(10-13)14(19)5-4-12-3-2-7-15-9-12/h12-13,15H,2-10H2,1H3,(H,16,18). The van der Waals surface area contributed by atoms with Crippen LogP contribution in [0.2, 0.25) is 0 Å². The molecule has 2 saturated heterocycles. The SMILES string of the molecule is CC(=O)NC1CCN(C(=O)CCC2CCCNC2)C1. The van der Waals surface area contributed by atoms with Crippen molar-refractivity contribution in [2.24, 2.45) is 5.92 Å². The van der Waals surface area contributed by atoms with Gasteiger partial charge in [-0.15, -0.1) is 0 Å². The smallest absolute Gasteiger partial charge is 0.222 e. The van der Waals surface area contributed by atoms with Crippen LogP contribution in [-0.4, -0.2) is 48.9 Å². The van der Waals surface area contributed by atoms with Gasteiger partial charge >= 0.3 is 0 Å². The van der Waals surface area contributed by atoms with Crippen LogP contribution in [0.1, 0.15) is 39.0 Å². The zero-order valence-corrected chi connectivity index (χ0v) is 11.8. The number of likely N-dealkylation sites (tertiary alicyclic amines) is 1. The molecule has 0 aromatic heterocycles. The largest absolute Gasteiger partial charge is 0.352 e. The number of hydrogen-bond donors (Lipinski definition) is 2. The number of carbonyl (C=O) groups excluding carboxylic acids is 2. The number of nitrogens with zero attached hydrogens (tertiary/aromatic N) is 1. The maximum atomic E-state index is 12.1. The zero-order valence-electron chi connectivity index (χ0n) is 11.8. The van der Waals surface area contributed by atoms with Gasteiger partial charge in [0, 0.05) is 32.5 Å². The third kappa shape index (κ3) is 4.49. The average Bonchev–Trinajstić information content (AvgIpc) is 2.85. The molecule has 0 aromatic rings. The van der Waals surface area contributed by atoms with Crippen LogP contribution in [0.5, 0.6) is 0 Å². The first kappa shape index (κ1) is 14.3. The molecule has 0 aliphatic carbocycles. The third-order valence-corrected chi connectivity index (χ3v) is 4.11. The second kappa shape index (κ2) is 6.89. The van der Waals surface area contributed by atoms with Gasteiger partial charge in [0.2, 0.25) is 11.8 Å². The first-order valence-corrected chi connectivity index (χ1v) is 7.40. The van der Waals surface area contributed by atoms with E-state index in [4.69, 9.17) is 0 Å². The van der Waals surface area contributed by atoms with Crippen LogP contribution < -0.4 is 10.6 Å². The van der Waals surface area contributed by atoms with E-state index >= 15 is 0 Å². The van der Waals surface area contributed by atoms with Gasteiger partial charge in [-0.2, -0.15) is 0 Å². The Morgan fingerprint density at radius 1 is 1.37 bits per heavy atom. The monoisotopic (exact) mass is 267 g/mol. The Morgan fingerprint density at radius 2 is 2.21 bits per heavy atom. The predicted octanol–water partition coefficient (Wildman–Crippen LogP) is 0.503. The molecule has 2 atom stereocenters. The van der Waals surface area contributed by atoms with Crippen molar-refractivity contribution in [1.82, 2.24) is 15.5 Å². The van der Waals surface area contributed by atoms with Crippen LogP contribution >= 0.6 is 0 Å². The van der Waals surface area contributed by atoms with Crippen molar-refractivity contribution in [2.45, 2.75) is 45.1 Å². The van der Waals surface area contributed by atoms with Crippen LogP contribution in [-0.2, 0) is 9.59 Å². The fourth-order valence-corrected chi connectivity index (χ4v) is 3.05. The Hall–Kier alpha value is -1.10. The molecule has 0 saturated carbocycles. The Balaban J connectivity index is 1.67. The van der Waals surface area contributed by atoms with Gasteiger partial charge < -0.3 is 15.5 Å². The molecule has 0 aromatic carbocycles.